The molecule has 1 aromatic heterocycles. The summed E-state index contributed by atoms with van der Waals surface area (Å²) in [6, 6.07) is 8.28. The Balaban J connectivity index is 2.15. The quantitative estimate of drug-likeness (QED) is 0.875. The average molecular weight is 292 g/mol. The first-order chi connectivity index (χ1) is 8.25. The lowest BCUT2D eigenvalue weighted by atomic mass is 10.1. The molecule has 0 amide bonds. The Bertz CT molecular complexity index is 560. The van der Waals surface area contributed by atoms with Crippen molar-refractivity contribution in [2.24, 2.45) is 0 Å². The number of nitrogens with one attached hydrogen (secondary N) is 1. The van der Waals surface area contributed by atoms with Crippen LogP contribution in [-0.2, 0) is 13.0 Å². The second-order valence-electron chi connectivity index (χ2n) is 4.33. The van der Waals surface area contributed by atoms with Crippen molar-refractivity contribution in [2.75, 3.05) is 6.54 Å². The van der Waals surface area contributed by atoms with Gasteiger partial charge in [-0.05, 0) is 25.1 Å². The average Bonchev–Trinajstić information content (AvgIpc) is 2.68. The third-order valence-electron chi connectivity index (χ3n) is 3.18. The molecule has 1 N–H and O–H groups in total. The molecule has 0 atom stereocenters. The fourth-order valence-corrected chi connectivity index (χ4v) is 2.72. The van der Waals surface area contributed by atoms with E-state index < -0.39 is 0 Å². The van der Waals surface area contributed by atoms with Gasteiger partial charge in [0.1, 0.15) is 0 Å². The lowest BCUT2D eigenvalue weighted by molar-refractivity contribution is 0.622. The maximum Gasteiger partial charge on any atom is 0.0660 e. The summed E-state index contributed by atoms with van der Waals surface area (Å²) in [6.45, 7) is 4.06. The lowest BCUT2D eigenvalue weighted by Crippen LogP contribution is -2.24. The number of hydrogen-bond acceptors (Lipinski definition) is 2. The van der Waals surface area contributed by atoms with E-state index in [4.69, 9.17) is 0 Å². The normalized spacial score (nSPS) is 14.7. The van der Waals surface area contributed by atoms with E-state index >= 15 is 0 Å². The summed E-state index contributed by atoms with van der Waals surface area (Å²) < 4.78 is 3.17. The second-order valence-corrected chi connectivity index (χ2v) is 5.24. The van der Waals surface area contributed by atoms with Crippen LogP contribution in [0.1, 0.15) is 17.0 Å². The summed E-state index contributed by atoms with van der Waals surface area (Å²) >= 11 is 3.51. The van der Waals surface area contributed by atoms with Gasteiger partial charge in [-0.2, -0.15) is 5.10 Å². The van der Waals surface area contributed by atoms with Crippen LogP contribution in [0.3, 0.4) is 0 Å². The van der Waals surface area contributed by atoms with E-state index in [-0.39, 0.29) is 0 Å². The Hall–Kier alpha value is -1.13. The first-order valence-electron chi connectivity index (χ1n) is 5.80. The molecule has 1 aliphatic rings. The van der Waals surface area contributed by atoms with Gasteiger partial charge in [-0.25, -0.2) is 4.68 Å². The van der Waals surface area contributed by atoms with Gasteiger partial charge in [-0.3, -0.25) is 0 Å². The summed E-state index contributed by atoms with van der Waals surface area (Å²) in [5.41, 5.74) is 4.97. The largest absolute Gasteiger partial charge is 0.312 e. The van der Waals surface area contributed by atoms with Gasteiger partial charge in [-0.15, -0.1) is 0 Å². The van der Waals surface area contributed by atoms with E-state index in [2.05, 4.69) is 50.1 Å². The number of fused-ring (bicyclic) bond motifs is 1. The van der Waals surface area contributed by atoms with Crippen LogP contribution in [0, 0.1) is 6.92 Å². The first kappa shape index (κ1) is 11.0. The van der Waals surface area contributed by atoms with Crippen LogP contribution < -0.4 is 5.32 Å². The summed E-state index contributed by atoms with van der Waals surface area (Å²) in [4.78, 5) is 0. The predicted molar refractivity (Wildman–Crippen MR) is 71.4 cm³/mol. The predicted octanol–water partition coefficient (Wildman–Crippen LogP) is 2.59. The minimum absolute atomic E-state index is 0.940. The zero-order valence-corrected chi connectivity index (χ0v) is 11.3. The molecule has 1 aliphatic heterocycles. The van der Waals surface area contributed by atoms with Crippen molar-refractivity contribution < 1.29 is 0 Å². The van der Waals surface area contributed by atoms with Crippen LogP contribution >= 0.6 is 15.9 Å². The zero-order chi connectivity index (χ0) is 11.8. The molecular formula is C13H14BrN3. The molecule has 0 saturated heterocycles. The number of nitrogens with zero attached hydrogens (tertiary/aromatic N) is 2. The van der Waals surface area contributed by atoms with Crippen molar-refractivity contribution in [3.63, 3.8) is 0 Å². The molecule has 0 unspecified atom stereocenters. The number of hydrogen-bond donors (Lipinski definition) is 1. The molecule has 1 aromatic carbocycles. The van der Waals surface area contributed by atoms with E-state index in [0.717, 1.165) is 35.4 Å². The van der Waals surface area contributed by atoms with Crippen LogP contribution in [-0.4, -0.2) is 16.3 Å². The van der Waals surface area contributed by atoms with Gasteiger partial charge in [0.25, 0.3) is 0 Å². The highest BCUT2D eigenvalue weighted by Gasteiger charge is 2.18. The van der Waals surface area contributed by atoms with Crippen molar-refractivity contribution in [2.45, 2.75) is 19.9 Å². The minimum atomic E-state index is 0.940. The summed E-state index contributed by atoms with van der Waals surface area (Å²) in [7, 11) is 0. The third kappa shape index (κ3) is 1.91. The Kier molecular flexibility index (Phi) is 2.76. The van der Waals surface area contributed by atoms with Crippen molar-refractivity contribution in [3.8, 4) is 5.69 Å². The van der Waals surface area contributed by atoms with Gasteiger partial charge in [0.05, 0.1) is 17.1 Å². The molecule has 3 rings (SSSR count). The molecular weight excluding hydrogens is 278 g/mol. The van der Waals surface area contributed by atoms with Gasteiger partial charge < -0.3 is 5.32 Å². The van der Waals surface area contributed by atoms with E-state index in [1.807, 2.05) is 12.1 Å². The van der Waals surface area contributed by atoms with Crippen LogP contribution in [0.25, 0.3) is 5.69 Å². The molecule has 3 nitrogen and oxygen atoms in total. The number of halogens is 1. The minimum Gasteiger partial charge on any atom is -0.312 e. The van der Waals surface area contributed by atoms with Gasteiger partial charge in [0.15, 0.2) is 0 Å². The number of aryl methyl sites for hydroxylation is 1. The van der Waals surface area contributed by atoms with Gasteiger partial charge >= 0.3 is 0 Å². The van der Waals surface area contributed by atoms with Gasteiger partial charge in [0.2, 0.25) is 0 Å². The molecule has 0 fully saturated rings. The monoisotopic (exact) mass is 291 g/mol. The number of benzene rings is 1. The summed E-state index contributed by atoms with van der Waals surface area (Å²) in [6.07, 6.45) is 1.04. The highest BCUT2D eigenvalue weighted by atomic mass is 79.9. The molecule has 0 spiro atoms. The van der Waals surface area contributed by atoms with E-state index in [1.54, 1.807) is 0 Å². The van der Waals surface area contributed by atoms with E-state index in [9.17, 15) is 0 Å². The fourth-order valence-electron chi connectivity index (χ4n) is 2.34. The molecule has 0 radical (unpaired) electrons. The van der Waals surface area contributed by atoms with Crippen LogP contribution in [0.5, 0.6) is 0 Å². The Morgan fingerprint density at radius 3 is 3.12 bits per heavy atom. The number of rotatable bonds is 1. The van der Waals surface area contributed by atoms with Crippen LogP contribution in [0.15, 0.2) is 28.7 Å². The van der Waals surface area contributed by atoms with E-state index in [0.29, 0.717) is 0 Å². The van der Waals surface area contributed by atoms with Gasteiger partial charge in [0, 0.05) is 29.5 Å². The Morgan fingerprint density at radius 1 is 1.41 bits per heavy atom. The topological polar surface area (TPSA) is 29.9 Å². The molecule has 0 saturated carbocycles. The fraction of sp³-hybridized carbons (Fsp3) is 0.308. The van der Waals surface area contributed by atoms with Crippen molar-refractivity contribution in [1.29, 1.82) is 0 Å². The third-order valence-corrected chi connectivity index (χ3v) is 3.68. The lowest BCUT2D eigenvalue weighted by Gasteiger charge is -2.15. The highest BCUT2D eigenvalue weighted by Crippen LogP contribution is 2.23. The zero-order valence-electron chi connectivity index (χ0n) is 9.70. The smallest absolute Gasteiger partial charge is 0.0660 e. The molecule has 0 aliphatic carbocycles. The highest BCUT2D eigenvalue weighted by molar-refractivity contribution is 9.10. The second kappa shape index (κ2) is 4.27. The molecule has 2 heterocycles. The molecule has 2 aromatic rings. The maximum atomic E-state index is 4.66. The number of aromatic nitrogens is 2. The van der Waals surface area contributed by atoms with Gasteiger partial charge in [-0.1, -0.05) is 22.0 Å². The molecule has 17 heavy (non-hydrogen) atoms. The molecule has 88 valence electrons. The summed E-state index contributed by atoms with van der Waals surface area (Å²) in [5.74, 6) is 0. The van der Waals surface area contributed by atoms with Crippen LogP contribution in [0.2, 0.25) is 0 Å². The molecule has 4 heteroatoms. The standard InChI is InChI=1S/C13H14BrN3/c1-9-12-8-15-6-5-13(12)17(16-9)11-4-2-3-10(14)7-11/h2-4,7,15H,5-6,8H2,1H3. The SMILES string of the molecule is Cc1nn(-c2cccc(Br)c2)c2c1CNCC2. The van der Waals surface area contributed by atoms with Crippen molar-refractivity contribution in [1.82, 2.24) is 15.1 Å². The molecule has 0 bridgehead atoms. The van der Waals surface area contributed by atoms with E-state index in [1.165, 1.54) is 11.3 Å². The first-order valence-corrected chi connectivity index (χ1v) is 6.59. The van der Waals surface area contributed by atoms with Crippen LogP contribution in [0.4, 0.5) is 0 Å². The van der Waals surface area contributed by atoms with Crippen molar-refractivity contribution >= 4 is 15.9 Å². The Morgan fingerprint density at radius 2 is 2.29 bits per heavy atom. The summed E-state index contributed by atoms with van der Waals surface area (Å²) in [5, 5.41) is 8.05. The maximum absolute atomic E-state index is 4.66. The Labute approximate surface area is 109 Å². The van der Waals surface area contributed by atoms with Crippen molar-refractivity contribution in [3.05, 3.63) is 45.7 Å².